The fraction of sp³-hybridized carbons (Fsp3) is 0.440. The second kappa shape index (κ2) is 12.7. The van der Waals surface area contributed by atoms with Crippen molar-refractivity contribution in [3.05, 3.63) is 59.2 Å². The number of methoxy groups -OCH3 is 2. The van der Waals surface area contributed by atoms with E-state index in [1.807, 2.05) is 18.2 Å². The van der Waals surface area contributed by atoms with Crippen molar-refractivity contribution < 1.29 is 14.3 Å². The first kappa shape index (κ1) is 26.8. The van der Waals surface area contributed by atoms with E-state index < -0.39 is 5.91 Å². The summed E-state index contributed by atoms with van der Waals surface area (Å²) in [6, 6.07) is 13.5. The normalized spacial score (nSPS) is 15.2. The minimum absolute atomic E-state index is 0. The zero-order valence-corrected chi connectivity index (χ0v) is 22.0. The first-order valence-electron chi connectivity index (χ1n) is 11.1. The lowest BCUT2D eigenvalue weighted by atomic mass is 9.69. The number of hydrogen-bond acceptors (Lipinski definition) is 4. The number of nitrogens with zero attached hydrogens (tertiary/aromatic N) is 1. The van der Waals surface area contributed by atoms with Crippen LogP contribution in [0.2, 0.25) is 0 Å². The summed E-state index contributed by atoms with van der Waals surface area (Å²) in [5.74, 6) is 1.83. The van der Waals surface area contributed by atoms with Crippen molar-refractivity contribution in [2.75, 3.05) is 27.8 Å². The highest BCUT2D eigenvalue weighted by Gasteiger charge is 2.34. The molecular formula is C25H35IN4O3. The lowest BCUT2D eigenvalue weighted by Crippen LogP contribution is -2.46. The Hall–Kier alpha value is -2.49. The van der Waals surface area contributed by atoms with E-state index in [9.17, 15) is 4.79 Å². The summed E-state index contributed by atoms with van der Waals surface area (Å²) in [5.41, 5.74) is 8.14. The molecule has 0 saturated heterocycles. The van der Waals surface area contributed by atoms with Gasteiger partial charge in [-0.15, -0.1) is 24.0 Å². The monoisotopic (exact) mass is 566 g/mol. The number of benzene rings is 2. The lowest BCUT2D eigenvalue weighted by molar-refractivity contribution is 0.100. The Labute approximate surface area is 213 Å². The molecule has 7 nitrogen and oxygen atoms in total. The zero-order valence-electron chi connectivity index (χ0n) is 19.6. The molecule has 0 bridgehead atoms. The zero-order chi connectivity index (χ0) is 23.0. The number of rotatable bonds is 8. The summed E-state index contributed by atoms with van der Waals surface area (Å²) >= 11 is 0. The van der Waals surface area contributed by atoms with Gasteiger partial charge in [0, 0.05) is 31.1 Å². The number of primary amides is 1. The molecule has 0 atom stereocenters. The van der Waals surface area contributed by atoms with Crippen LogP contribution >= 0.6 is 24.0 Å². The molecule has 0 heterocycles. The number of carbonyl (C=O) groups is 1. The fourth-order valence-electron chi connectivity index (χ4n) is 4.41. The van der Waals surface area contributed by atoms with Gasteiger partial charge in [0.2, 0.25) is 5.91 Å². The third-order valence-electron chi connectivity index (χ3n) is 6.32. The van der Waals surface area contributed by atoms with Crippen molar-refractivity contribution in [3.63, 3.8) is 0 Å². The Morgan fingerprint density at radius 1 is 1.00 bits per heavy atom. The Morgan fingerprint density at radius 3 is 2.24 bits per heavy atom. The molecular weight excluding hydrogens is 531 g/mol. The Morgan fingerprint density at radius 2 is 1.67 bits per heavy atom. The van der Waals surface area contributed by atoms with Crippen LogP contribution in [-0.2, 0) is 12.0 Å². The van der Waals surface area contributed by atoms with Gasteiger partial charge in [0.15, 0.2) is 17.5 Å². The maximum Gasteiger partial charge on any atom is 0.248 e. The number of carbonyl (C=O) groups excluding carboxylic acids is 1. The van der Waals surface area contributed by atoms with Crippen LogP contribution in [0.1, 0.15) is 53.6 Å². The topological polar surface area (TPSA) is 98.0 Å². The molecule has 1 amide bonds. The maximum absolute atomic E-state index is 11.2. The van der Waals surface area contributed by atoms with Crippen molar-refractivity contribution in [2.24, 2.45) is 10.7 Å². The van der Waals surface area contributed by atoms with E-state index in [1.165, 1.54) is 24.8 Å². The van der Waals surface area contributed by atoms with E-state index in [0.717, 1.165) is 42.4 Å². The van der Waals surface area contributed by atoms with Gasteiger partial charge in [0.25, 0.3) is 0 Å². The largest absolute Gasteiger partial charge is 0.493 e. The molecule has 33 heavy (non-hydrogen) atoms. The first-order valence-corrected chi connectivity index (χ1v) is 11.1. The predicted octanol–water partition coefficient (Wildman–Crippen LogP) is 3.99. The summed E-state index contributed by atoms with van der Waals surface area (Å²) < 4.78 is 11.0. The average molecular weight is 566 g/mol. The average Bonchev–Trinajstić information content (AvgIpc) is 2.84. The number of ether oxygens (including phenoxy) is 2. The summed E-state index contributed by atoms with van der Waals surface area (Å²) in [6.45, 7) is 1.38. The highest BCUT2D eigenvalue weighted by atomic mass is 127. The molecule has 0 aromatic heterocycles. The van der Waals surface area contributed by atoms with Gasteiger partial charge in [0.05, 0.1) is 14.2 Å². The number of nitrogens with one attached hydrogen (secondary N) is 2. The van der Waals surface area contributed by atoms with Crippen molar-refractivity contribution >= 4 is 35.8 Å². The smallest absolute Gasteiger partial charge is 0.248 e. The number of guanidine groups is 1. The second-order valence-corrected chi connectivity index (χ2v) is 8.25. The summed E-state index contributed by atoms with van der Waals surface area (Å²) in [7, 11) is 5.11. The van der Waals surface area contributed by atoms with Gasteiger partial charge in [-0.2, -0.15) is 0 Å². The van der Waals surface area contributed by atoms with Crippen molar-refractivity contribution in [3.8, 4) is 11.5 Å². The highest BCUT2D eigenvalue weighted by molar-refractivity contribution is 14.0. The van der Waals surface area contributed by atoms with Crippen LogP contribution < -0.4 is 25.8 Å². The molecule has 0 radical (unpaired) electrons. The van der Waals surface area contributed by atoms with Gasteiger partial charge >= 0.3 is 0 Å². The van der Waals surface area contributed by atoms with Crippen molar-refractivity contribution in [1.82, 2.24) is 10.6 Å². The van der Waals surface area contributed by atoms with Crippen LogP contribution in [-0.4, -0.2) is 39.7 Å². The molecule has 4 N–H and O–H groups in total. The number of aliphatic imine (C=N–C) groups is 1. The number of halogens is 1. The van der Waals surface area contributed by atoms with Crippen LogP contribution in [0.25, 0.3) is 0 Å². The van der Waals surface area contributed by atoms with Gasteiger partial charge in [-0.05, 0) is 48.2 Å². The molecule has 1 saturated carbocycles. The van der Waals surface area contributed by atoms with E-state index in [-0.39, 0.29) is 29.4 Å². The van der Waals surface area contributed by atoms with Crippen LogP contribution in [0.5, 0.6) is 11.5 Å². The van der Waals surface area contributed by atoms with Gasteiger partial charge in [-0.25, -0.2) is 0 Å². The lowest BCUT2D eigenvalue weighted by Gasteiger charge is -2.38. The molecule has 8 heteroatoms. The third kappa shape index (κ3) is 6.75. The Kier molecular flexibility index (Phi) is 10.3. The quantitative estimate of drug-likeness (QED) is 0.255. The molecule has 2 aromatic rings. The SMILES string of the molecule is CN=C(NCc1ccc(C(N)=O)cc1)NCC1(c2ccc(OC)c(OC)c2)CCCCC1.I. The second-order valence-electron chi connectivity index (χ2n) is 8.25. The van der Waals surface area contributed by atoms with E-state index in [1.54, 1.807) is 33.4 Å². The molecule has 1 fully saturated rings. The highest BCUT2D eigenvalue weighted by Crippen LogP contribution is 2.42. The van der Waals surface area contributed by atoms with E-state index in [0.29, 0.717) is 12.1 Å². The van der Waals surface area contributed by atoms with Gasteiger partial charge in [-0.3, -0.25) is 9.79 Å². The molecule has 0 unspecified atom stereocenters. The minimum Gasteiger partial charge on any atom is -0.493 e. The Bertz CT molecular complexity index is 941. The number of hydrogen-bond donors (Lipinski definition) is 3. The minimum atomic E-state index is -0.421. The standard InChI is InChI=1S/C25H34N4O3.HI/c1-27-24(28-16-18-7-9-19(10-8-18)23(26)30)29-17-25(13-5-4-6-14-25)20-11-12-21(31-2)22(15-20)32-3;/h7-12,15H,4-6,13-14,16-17H2,1-3H3,(H2,26,30)(H2,27,28,29);1H. The molecule has 180 valence electrons. The van der Waals surface area contributed by atoms with Gasteiger partial charge in [0.1, 0.15) is 0 Å². The van der Waals surface area contributed by atoms with Crippen LogP contribution in [0.4, 0.5) is 0 Å². The molecule has 0 spiro atoms. The van der Waals surface area contributed by atoms with E-state index in [2.05, 4.69) is 27.8 Å². The third-order valence-corrected chi connectivity index (χ3v) is 6.32. The molecule has 1 aliphatic carbocycles. The molecule has 0 aliphatic heterocycles. The first-order chi connectivity index (χ1) is 15.5. The molecule has 3 rings (SSSR count). The summed E-state index contributed by atoms with van der Waals surface area (Å²) in [5, 5.41) is 6.90. The van der Waals surface area contributed by atoms with Crippen molar-refractivity contribution in [1.29, 1.82) is 0 Å². The maximum atomic E-state index is 11.2. The van der Waals surface area contributed by atoms with Crippen LogP contribution in [0, 0.1) is 0 Å². The van der Waals surface area contributed by atoms with E-state index >= 15 is 0 Å². The fourth-order valence-corrected chi connectivity index (χ4v) is 4.41. The molecule has 1 aliphatic rings. The van der Waals surface area contributed by atoms with Crippen molar-refractivity contribution in [2.45, 2.75) is 44.1 Å². The predicted molar refractivity (Wildman–Crippen MR) is 143 cm³/mol. The van der Waals surface area contributed by atoms with Gasteiger partial charge < -0.3 is 25.8 Å². The van der Waals surface area contributed by atoms with Gasteiger partial charge in [-0.1, -0.05) is 37.5 Å². The summed E-state index contributed by atoms with van der Waals surface area (Å²) in [6.07, 6.45) is 5.90. The Balaban J connectivity index is 0.00000385. The van der Waals surface area contributed by atoms with E-state index in [4.69, 9.17) is 15.2 Å². The molecule has 2 aromatic carbocycles. The van der Waals surface area contributed by atoms with Crippen LogP contribution in [0.15, 0.2) is 47.5 Å². The summed E-state index contributed by atoms with van der Waals surface area (Å²) in [4.78, 5) is 15.6. The number of nitrogens with two attached hydrogens (primary N) is 1. The van der Waals surface area contributed by atoms with Crippen LogP contribution in [0.3, 0.4) is 0 Å². The number of amides is 1.